The van der Waals surface area contributed by atoms with E-state index in [2.05, 4.69) is 35.4 Å². The lowest BCUT2D eigenvalue weighted by molar-refractivity contribution is 0.0242. The second kappa shape index (κ2) is 11.4. The molecule has 2 fully saturated rings. The summed E-state index contributed by atoms with van der Waals surface area (Å²) in [6.07, 6.45) is 2.21. The van der Waals surface area contributed by atoms with E-state index in [1.807, 2.05) is 18.2 Å². The van der Waals surface area contributed by atoms with Crippen molar-refractivity contribution in [2.45, 2.75) is 38.8 Å². The molecule has 0 radical (unpaired) electrons. The van der Waals surface area contributed by atoms with Crippen molar-refractivity contribution in [3.05, 3.63) is 29.8 Å². The van der Waals surface area contributed by atoms with Gasteiger partial charge in [0.05, 0.1) is 25.4 Å². The molecule has 1 atom stereocenters. The van der Waals surface area contributed by atoms with Crippen molar-refractivity contribution in [1.82, 2.24) is 15.5 Å². The van der Waals surface area contributed by atoms with E-state index in [1.54, 1.807) is 0 Å². The van der Waals surface area contributed by atoms with Crippen LogP contribution in [0.4, 0.5) is 0 Å². The second-order valence-electron chi connectivity index (χ2n) is 7.86. The van der Waals surface area contributed by atoms with Crippen molar-refractivity contribution in [3.63, 3.8) is 0 Å². The Morgan fingerprint density at radius 1 is 1.21 bits per heavy atom. The van der Waals surface area contributed by atoms with Crippen LogP contribution in [0.1, 0.15) is 32.3 Å². The van der Waals surface area contributed by atoms with E-state index in [1.165, 1.54) is 0 Å². The topological polar surface area (TPSA) is 67.4 Å². The second-order valence-corrected chi connectivity index (χ2v) is 7.86. The van der Waals surface area contributed by atoms with Gasteiger partial charge >= 0.3 is 0 Å². The van der Waals surface area contributed by atoms with E-state index >= 15 is 0 Å². The highest BCUT2D eigenvalue weighted by Crippen LogP contribution is 2.24. The number of hydrogen-bond acceptors (Lipinski definition) is 5. The molecule has 3 rings (SSSR count). The molecule has 0 bridgehead atoms. The van der Waals surface area contributed by atoms with Gasteiger partial charge in [-0.25, -0.2) is 4.99 Å². The van der Waals surface area contributed by atoms with E-state index in [9.17, 15) is 0 Å². The summed E-state index contributed by atoms with van der Waals surface area (Å²) in [6.45, 7) is 12.4. The Bertz CT molecular complexity index is 641. The molecule has 0 spiro atoms. The molecule has 0 saturated carbocycles. The molecular weight excluding hydrogens is 368 g/mol. The number of morpholine rings is 1. The van der Waals surface area contributed by atoms with Crippen LogP contribution >= 0.6 is 0 Å². The number of benzene rings is 1. The molecule has 0 aromatic heterocycles. The van der Waals surface area contributed by atoms with E-state index in [0.29, 0.717) is 13.2 Å². The molecular formula is C22H36N4O3. The largest absolute Gasteiger partial charge is 0.492 e. The van der Waals surface area contributed by atoms with Gasteiger partial charge in [-0.15, -0.1) is 0 Å². The molecule has 29 heavy (non-hydrogen) atoms. The molecule has 7 nitrogen and oxygen atoms in total. The zero-order valence-electron chi connectivity index (χ0n) is 17.9. The van der Waals surface area contributed by atoms with Gasteiger partial charge in [-0.05, 0) is 32.8 Å². The first-order valence-corrected chi connectivity index (χ1v) is 10.9. The third-order valence-electron chi connectivity index (χ3n) is 5.42. The van der Waals surface area contributed by atoms with Crippen molar-refractivity contribution in [2.75, 3.05) is 59.2 Å². The van der Waals surface area contributed by atoms with Gasteiger partial charge in [-0.3, -0.25) is 4.90 Å². The predicted molar refractivity (Wildman–Crippen MR) is 116 cm³/mol. The fourth-order valence-corrected chi connectivity index (χ4v) is 3.64. The van der Waals surface area contributed by atoms with E-state index in [4.69, 9.17) is 19.2 Å². The van der Waals surface area contributed by atoms with E-state index < -0.39 is 0 Å². The number of nitrogens with zero attached hydrogens (tertiary/aromatic N) is 2. The highest BCUT2D eigenvalue weighted by Gasteiger charge is 2.29. The molecule has 1 unspecified atom stereocenters. The highest BCUT2D eigenvalue weighted by atomic mass is 16.5. The van der Waals surface area contributed by atoms with Gasteiger partial charge in [-0.2, -0.15) is 0 Å². The molecule has 1 aromatic rings. The number of aliphatic imine (C=N–C) groups is 1. The highest BCUT2D eigenvalue weighted by molar-refractivity contribution is 5.79. The quantitative estimate of drug-likeness (QED) is 0.485. The van der Waals surface area contributed by atoms with Crippen LogP contribution in [-0.4, -0.2) is 75.6 Å². The van der Waals surface area contributed by atoms with Gasteiger partial charge < -0.3 is 24.8 Å². The Morgan fingerprint density at radius 2 is 2.03 bits per heavy atom. The number of hydrogen-bond donors (Lipinski definition) is 2. The fourth-order valence-electron chi connectivity index (χ4n) is 3.64. The van der Waals surface area contributed by atoms with E-state index in [-0.39, 0.29) is 5.60 Å². The smallest absolute Gasteiger partial charge is 0.191 e. The monoisotopic (exact) mass is 404 g/mol. The molecule has 2 aliphatic heterocycles. The van der Waals surface area contributed by atoms with Gasteiger partial charge in [0.15, 0.2) is 5.96 Å². The normalized spacial score (nSPS) is 23.2. The summed E-state index contributed by atoms with van der Waals surface area (Å²) >= 11 is 0. The predicted octanol–water partition coefficient (Wildman–Crippen LogP) is 2.02. The average molecular weight is 405 g/mol. The first-order chi connectivity index (χ1) is 14.2. The molecule has 2 saturated heterocycles. The Labute approximate surface area is 174 Å². The summed E-state index contributed by atoms with van der Waals surface area (Å²) in [6, 6.07) is 8.16. The Kier molecular flexibility index (Phi) is 8.58. The summed E-state index contributed by atoms with van der Waals surface area (Å²) in [5.41, 5.74) is 0.992. The number of guanidine groups is 1. The summed E-state index contributed by atoms with van der Waals surface area (Å²) in [4.78, 5) is 7.14. The number of rotatable bonds is 9. The van der Waals surface area contributed by atoms with Crippen molar-refractivity contribution in [2.24, 2.45) is 4.99 Å². The minimum atomic E-state index is -0.100. The van der Waals surface area contributed by atoms with Crippen LogP contribution in [0, 0.1) is 0 Å². The summed E-state index contributed by atoms with van der Waals surface area (Å²) < 4.78 is 17.3. The minimum Gasteiger partial charge on any atom is -0.492 e. The van der Waals surface area contributed by atoms with Crippen LogP contribution in [-0.2, 0) is 16.0 Å². The molecule has 2 N–H and O–H groups in total. The zero-order chi connectivity index (χ0) is 20.4. The lowest BCUT2D eigenvalue weighted by atomic mass is 10.0. The van der Waals surface area contributed by atoms with Crippen LogP contribution in [0.2, 0.25) is 0 Å². The van der Waals surface area contributed by atoms with Crippen LogP contribution in [0.3, 0.4) is 0 Å². The maximum atomic E-state index is 6.08. The number of ether oxygens (including phenoxy) is 3. The van der Waals surface area contributed by atoms with Gasteiger partial charge in [0.25, 0.3) is 0 Å². The molecule has 162 valence electrons. The van der Waals surface area contributed by atoms with Crippen LogP contribution in [0.15, 0.2) is 29.3 Å². The minimum absolute atomic E-state index is 0.100. The van der Waals surface area contributed by atoms with Crippen LogP contribution < -0.4 is 15.4 Å². The van der Waals surface area contributed by atoms with Crippen LogP contribution in [0.25, 0.3) is 0 Å². The van der Waals surface area contributed by atoms with E-state index in [0.717, 1.165) is 82.7 Å². The fraction of sp³-hybridized carbons (Fsp3) is 0.682. The third-order valence-corrected chi connectivity index (χ3v) is 5.42. The van der Waals surface area contributed by atoms with Crippen molar-refractivity contribution < 1.29 is 14.2 Å². The SMILES string of the molecule is CCNC(=NCc1ccccc1OCCN1CCOCC1)NCC1(C)CCCO1. The molecule has 2 heterocycles. The Balaban J connectivity index is 1.52. The van der Waals surface area contributed by atoms with Crippen LogP contribution in [0.5, 0.6) is 5.75 Å². The standard InChI is InChI=1S/C22H36N4O3/c1-3-23-21(25-18-22(2)9-6-13-29-22)24-17-19-7-4-5-8-20(19)28-16-12-26-10-14-27-15-11-26/h4-5,7-8H,3,6,9-18H2,1-2H3,(H2,23,24,25). The molecule has 7 heteroatoms. The maximum Gasteiger partial charge on any atom is 0.191 e. The molecule has 0 aliphatic carbocycles. The van der Waals surface area contributed by atoms with Crippen molar-refractivity contribution >= 4 is 5.96 Å². The first-order valence-electron chi connectivity index (χ1n) is 10.9. The molecule has 1 aromatic carbocycles. The van der Waals surface area contributed by atoms with Crippen molar-refractivity contribution in [3.8, 4) is 5.75 Å². The lowest BCUT2D eigenvalue weighted by Crippen LogP contribution is -2.45. The lowest BCUT2D eigenvalue weighted by Gasteiger charge is -2.26. The maximum absolute atomic E-state index is 6.08. The molecule has 0 amide bonds. The molecule has 2 aliphatic rings. The zero-order valence-corrected chi connectivity index (χ0v) is 17.9. The van der Waals surface area contributed by atoms with Gasteiger partial charge in [0.2, 0.25) is 0 Å². The third kappa shape index (κ3) is 7.17. The van der Waals surface area contributed by atoms with Gasteiger partial charge in [0, 0.05) is 44.9 Å². The summed E-state index contributed by atoms with van der Waals surface area (Å²) in [7, 11) is 0. The Morgan fingerprint density at radius 3 is 2.79 bits per heavy atom. The van der Waals surface area contributed by atoms with Gasteiger partial charge in [-0.1, -0.05) is 18.2 Å². The van der Waals surface area contributed by atoms with Crippen molar-refractivity contribution in [1.29, 1.82) is 0 Å². The number of nitrogens with one attached hydrogen (secondary N) is 2. The summed E-state index contributed by atoms with van der Waals surface area (Å²) in [5, 5.41) is 6.76. The number of para-hydroxylation sites is 1. The summed E-state index contributed by atoms with van der Waals surface area (Å²) in [5.74, 6) is 1.72. The first kappa shape index (κ1) is 21.9. The van der Waals surface area contributed by atoms with Gasteiger partial charge in [0.1, 0.15) is 12.4 Å². The Hall–Kier alpha value is -1.83. The average Bonchev–Trinajstić information content (AvgIpc) is 3.18.